The number of anilines is 1. The maximum atomic E-state index is 4.77. The van der Waals surface area contributed by atoms with Crippen molar-refractivity contribution in [3.63, 3.8) is 0 Å². The Balaban J connectivity index is 1.37. The van der Waals surface area contributed by atoms with Crippen LogP contribution in [0.4, 0.5) is 5.82 Å². The first kappa shape index (κ1) is 16.9. The van der Waals surface area contributed by atoms with E-state index in [1.165, 1.54) is 80.9 Å². The number of rotatable bonds is 3. The fourth-order valence-corrected chi connectivity index (χ4v) is 6.21. The summed E-state index contributed by atoms with van der Waals surface area (Å²) in [5.41, 5.74) is 1.56. The fourth-order valence-electron chi connectivity index (χ4n) is 4.99. The van der Waals surface area contributed by atoms with Gasteiger partial charge in [-0.25, -0.2) is 9.97 Å². The lowest BCUT2D eigenvalue weighted by Gasteiger charge is -2.37. The van der Waals surface area contributed by atoms with Crippen LogP contribution in [0.5, 0.6) is 0 Å². The number of hydrogen-bond donors (Lipinski definition) is 0. The lowest BCUT2D eigenvalue weighted by molar-refractivity contribution is 0.107. The number of piperazine rings is 1. The van der Waals surface area contributed by atoms with Gasteiger partial charge in [-0.05, 0) is 44.2 Å². The van der Waals surface area contributed by atoms with Crippen molar-refractivity contribution in [2.45, 2.75) is 45.1 Å². The van der Waals surface area contributed by atoms with Gasteiger partial charge in [-0.1, -0.05) is 6.92 Å². The van der Waals surface area contributed by atoms with E-state index in [2.05, 4.69) is 26.6 Å². The minimum absolute atomic E-state index is 0.688. The largest absolute Gasteiger partial charge is 0.354 e. The summed E-state index contributed by atoms with van der Waals surface area (Å²) in [6, 6.07) is 0.688. The molecule has 140 valence electrons. The van der Waals surface area contributed by atoms with E-state index >= 15 is 0 Å². The van der Waals surface area contributed by atoms with E-state index in [9.17, 15) is 0 Å². The Bertz CT molecular complexity index is 780. The predicted octanol–water partition coefficient (Wildman–Crippen LogP) is 2.79. The van der Waals surface area contributed by atoms with E-state index in [1.807, 2.05) is 11.3 Å². The molecule has 3 aliphatic rings. The van der Waals surface area contributed by atoms with Crippen molar-refractivity contribution < 1.29 is 0 Å². The molecule has 2 aromatic rings. The van der Waals surface area contributed by atoms with Gasteiger partial charge < -0.3 is 9.80 Å². The average molecular weight is 372 g/mol. The molecule has 2 saturated heterocycles. The molecule has 0 radical (unpaired) electrons. The van der Waals surface area contributed by atoms with Crippen LogP contribution < -0.4 is 4.90 Å². The third-order valence-corrected chi connectivity index (χ3v) is 7.76. The molecule has 0 aromatic carbocycles. The van der Waals surface area contributed by atoms with Gasteiger partial charge in [0.15, 0.2) is 0 Å². The van der Waals surface area contributed by atoms with Crippen LogP contribution in [-0.2, 0) is 12.8 Å². The van der Waals surface area contributed by atoms with Gasteiger partial charge in [0.25, 0.3) is 0 Å². The molecule has 2 aliphatic heterocycles. The summed E-state index contributed by atoms with van der Waals surface area (Å²) in [4.78, 5) is 20.0. The molecule has 4 heterocycles. The summed E-state index contributed by atoms with van der Waals surface area (Å²) >= 11 is 1.91. The molecular weight excluding hydrogens is 342 g/mol. The number of likely N-dealkylation sites (N-methyl/N-ethyl adjacent to an activating group) is 1. The smallest absolute Gasteiger partial charge is 0.141 e. The van der Waals surface area contributed by atoms with Crippen LogP contribution in [0.25, 0.3) is 10.2 Å². The van der Waals surface area contributed by atoms with Crippen molar-refractivity contribution in [1.29, 1.82) is 0 Å². The SMILES string of the molecule is CCN1CCN(C2CCN(c3ncnc4sc5c(c34)CCCC5)C2)CC1. The first-order chi connectivity index (χ1) is 12.8. The molecule has 2 fully saturated rings. The van der Waals surface area contributed by atoms with Gasteiger partial charge in [0.1, 0.15) is 17.0 Å². The van der Waals surface area contributed by atoms with Crippen LogP contribution in [0.1, 0.15) is 36.6 Å². The predicted molar refractivity (Wildman–Crippen MR) is 108 cm³/mol. The molecule has 0 bridgehead atoms. The molecule has 0 spiro atoms. The topological polar surface area (TPSA) is 35.5 Å². The summed E-state index contributed by atoms with van der Waals surface area (Å²) < 4.78 is 0. The zero-order valence-corrected chi connectivity index (χ0v) is 16.6. The van der Waals surface area contributed by atoms with Crippen molar-refractivity contribution in [2.24, 2.45) is 0 Å². The van der Waals surface area contributed by atoms with Crippen LogP contribution in [0.2, 0.25) is 0 Å². The molecule has 5 nitrogen and oxygen atoms in total. The number of thiophene rings is 1. The first-order valence-corrected chi connectivity index (χ1v) is 11.1. The third kappa shape index (κ3) is 2.92. The Kier molecular flexibility index (Phi) is 4.59. The second-order valence-electron chi connectivity index (χ2n) is 7.95. The monoisotopic (exact) mass is 371 g/mol. The highest BCUT2D eigenvalue weighted by Gasteiger charge is 2.32. The van der Waals surface area contributed by atoms with Gasteiger partial charge in [-0.3, -0.25) is 4.90 Å². The zero-order valence-electron chi connectivity index (χ0n) is 15.8. The second-order valence-corrected chi connectivity index (χ2v) is 9.03. The van der Waals surface area contributed by atoms with Gasteiger partial charge in [0.05, 0.1) is 5.39 Å². The number of aryl methyl sites for hydroxylation is 2. The van der Waals surface area contributed by atoms with E-state index in [0.717, 1.165) is 13.1 Å². The average Bonchev–Trinajstić information content (AvgIpc) is 3.33. The molecule has 2 aromatic heterocycles. The summed E-state index contributed by atoms with van der Waals surface area (Å²) in [6.07, 6.45) is 8.15. The molecule has 1 atom stereocenters. The van der Waals surface area contributed by atoms with Crippen LogP contribution >= 0.6 is 11.3 Å². The minimum Gasteiger partial charge on any atom is -0.354 e. The van der Waals surface area contributed by atoms with Gasteiger partial charge in [0.2, 0.25) is 0 Å². The fraction of sp³-hybridized carbons (Fsp3) is 0.700. The first-order valence-electron chi connectivity index (χ1n) is 10.3. The quantitative estimate of drug-likeness (QED) is 0.829. The van der Waals surface area contributed by atoms with Crippen LogP contribution in [0.15, 0.2) is 6.33 Å². The van der Waals surface area contributed by atoms with Crippen molar-refractivity contribution >= 4 is 27.4 Å². The van der Waals surface area contributed by atoms with Crippen molar-refractivity contribution in [1.82, 2.24) is 19.8 Å². The summed E-state index contributed by atoms with van der Waals surface area (Å²) in [7, 11) is 0. The summed E-state index contributed by atoms with van der Waals surface area (Å²) in [5, 5.41) is 1.38. The van der Waals surface area contributed by atoms with Crippen molar-refractivity contribution in [2.75, 3.05) is 50.7 Å². The number of nitrogens with zero attached hydrogens (tertiary/aromatic N) is 5. The number of fused-ring (bicyclic) bond motifs is 3. The van der Waals surface area contributed by atoms with Crippen molar-refractivity contribution in [3.05, 3.63) is 16.8 Å². The van der Waals surface area contributed by atoms with Gasteiger partial charge >= 0.3 is 0 Å². The maximum absolute atomic E-state index is 4.77. The lowest BCUT2D eigenvalue weighted by Crippen LogP contribution is -2.50. The molecule has 6 heteroatoms. The van der Waals surface area contributed by atoms with Crippen LogP contribution in [0, 0.1) is 0 Å². The van der Waals surface area contributed by atoms with E-state index < -0.39 is 0 Å². The highest BCUT2D eigenvalue weighted by molar-refractivity contribution is 7.19. The Morgan fingerprint density at radius 1 is 1.08 bits per heavy atom. The Morgan fingerprint density at radius 3 is 2.77 bits per heavy atom. The van der Waals surface area contributed by atoms with Crippen LogP contribution in [0.3, 0.4) is 0 Å². The van der Waals surface area contributed by atoms with E-state index in [-0.39, 0.29) is 0 Å². The van der Waals surface area contributed by atoms with Gasteiger partial charge in [-0.15, -0.1) is 11.3 Å². The minimum atomic E-state index is 0.688. The molecule has 26 heavy (non-hydrogen) atoms. The molecular formula is C20H29N5S. The molecule has 1 aliphatic carbocycles. The zero-order chi connectivity index (χ0) is 17.5. The summed E-state index contributed by atoms with van der Waals surface area (Å²) in [6.45, 7) is 10.6. The van der Waals surface area contributed by atoms with Gasteiger partial charge in [-0.2, -0.15) is 0 Å². The number of hydrogen-bond acceptors (Lipinski definition) is 6. The molecule has 5 rings (SSSR count). The second kappa shape index (κ2) is 7.06. The third-order valence-electron chi connectivity index (χ3n) is 6.56. The highest BCUT2D eigenvalue weighted by Crippen LogP contribution is 2.40. The maximum Gasteiger partial charge on any atom is 0.141 e. The van der Waals surface area contributed by atoms with Crippen LogP contribution in [-0.4, -0.2) is 71.6 Å². The summed E-state index contributed by atoms with van der Waals surface area (Å²) in [5.74, 6) is 1.21. The molecule has 1 unspecified atom stereocenters. The Morgan fingerprint density at radius 2 is 1.92 bits per heavy atom. The Labute approximate surface area is 160 Å². The molecule has 0 saturated carbocycles. The highest BCUT2D eigenvalue weighted by atomic mass is 32.1. The molecule has 0 amide bonds. The number of aromatic nitrogens is 2. The van der Waals surface area contributed by atoms with E-state index in [0.29, 0.717) is 6.04 Å². The standard InChI is InChI=1S/C20H29N5S/c1-2-23-9-11-24(12-10-23)15-7-8-25(13-15)19-18-16-5-3-4-6-17(16)26-20(18)22-14-21-19/h14-15H,2-13H2,1H3. The Hall–Kier alpha value is -1.24. The normalized spacial score (nSPS) is 25.1. The lowest BCUT2D eigenvalue weighted by atomic mass is 9.97. The molecule has 0 N–H and O–H groups in total. The van der Waals surface area contributed by atoms with Crippen molar-refractivity contribution in [3.8, 4) is 0 Å². The van der Waals surface area contributed by atoms with Gasteiger partial charge in [0, 0.05) is 50.2 Å². The van der Waals surface area contributed by atoms with E-state index in [1.54, 1.807) is 16.8 Å². The van der Waals surface area contributed by atoms with E-state index in [4.69, 9.17) is 4.98 Å².